The van der Waals surface area contributed by atoms with Gasteiger partial charge in [0.05, 0.1) is 18.8 Å². The number of aromatic nitrogens is 2. The van der Waals surface area contributed by atoms with Gasteiger partial charge in [0.1, 0.15) is 11.6 Å². The van der Waals surface area contributed by atoms with E-state index in [-0.39, 0.29) is 30.1 Å². The van der Waals surface area contributed by atoms with Crippen LogP contribution in [0.5, 0.6) is 5.75 Å². The number of hydrogen-bond acceptors (Lipinski definition) is 4. The standard InChI is InChI=1S/C16H19FN4O2.ClH/c1-23-15-9-11(17)4-5-13(15)19-16(22)14-6-8-21(20-14)12-3-2-7-18-10-12;/h4-6,8-9,12,18H,2-3,7,10H2,1H3,(H,19,22);1H. The molecule has 2 heterocycles. The van der Waals surface area contributed by atoms with Gasteiger partial charge in [-0.1, -0.05) is 0 Å². The molecule has 24 heavy (non-hydrogen) atoms. The minimum atomic E-state index is -0.422. The Morgan fingerprint density at radius 2 is 2.29 bits per heavy atom. The fraction of sp³-hybridized carbons (Fsp3) is 0.375. The molecule has 1 amide bonds. The Morgan fingerprint density at radius 1 is 1.46 bits per heavy atom. The number of amides is 1. The van der Waals surface area contributed by atoms with Crippen LogP contribution in [0.3, 0.4) is 0 Å². The van der Waals surface area contributed by atoms with Gasteiger partial charge in [-0.25, -0.2) is 4.39 Å². The maximum Gasteiger partial charge on any atom is 0.276 e. The van der Waals surface area contributed by atoms with E-state index in [4.69, 9.17) is 4.74 Å². The summed E-state index contributed by atoms with van der Waals surface area (Å²) in [6, 6.07) is 5.91. The molecule has 6 nitrogen and oxygen atoms in total. The minimum absolute atomic E-state index is 0. The highest BCUT2D eigenvalue weighted by Gasteiger charge is 2.18. The molecule has 0 saturated carbocycles. The molecule has 1 aliphatic rings. The molecule has 3 rings (SSSR count). The number of nitrogens with one attached hydrogen (secondary N) is 2. The largest absolute Gasteiger partial charge is 0.494 e. The second-order valence-corrected chi connectivity index (χ2v) is 5.48. The third-order valence-electron chi connectivity index (χ3n) is 3.90. The van der Waals surface area contributed by atoms with Crippen molar-refractivity contribution in [1.29, 1.82) is 0 Å². The van der Waals surface area contributed by atoms with Crippen molar-refractivity contribution in [2.24, 2.45) is 0 Å². The summed E-state index contributed by atoms with van der Waals surface area (Å²) in [6.45, 7) is 1.88. The van der Waals surface area contributed by atoms with Crippen molar-refractivity contribution < 1.29 is 13.9 Å². The molecule has 1 unspecified atom stereocenters. The molecule has 2 N–H and O–H groups in total. The molecule has 8 heteroatoms. The van der Waals surface area contributed by atoms with Crippen molar-refractivity contribution in [3.8, 4) is 5.75 Å². The second kappa shape index (κ2) is 8.12. The van der Waals surface area contributed by atoms with Gasteiger partial charge in [-0.3, -0.25) is 9.48 Å². The average molecular weight is 355 g/mol. The first-order valence-electron chi connectivity index (χ1n) is 7.58. The van der Waals surface area contributed by atoms with Crippen molar-refractivity contribution in [3.05, 3.63) is 42.0 Å². The Labute approximate surface area is 145 Å². The summed E-state index contributed by atoms with van der Waals surface area (Å²) in [5, 5.41) is 10.4. The third kappa shape index (κ3) is 4.04. The Kier molecular flexibility index (Phi) is 6.16. The van der Waals surface area contributed by atoms with Gasteiger partial charge in [0.25, 0.3) is 5.91 Å². The van der Waals surface area contributed by atoms with E-state index >= 15 is 0 Å². The number of carbonyl (C=O) groups is 1. The number of piperidine rings is 1. The lowest BCUT2D eigenvalue weighted by Crippen LogP contribution is -2.32. The molecule has 0 aliphatic carbocycles. The fourth-order valence-electron chi connectivity index (χ4n) is 2.68. The van der Waals surface area contributed by atoms with Gasteiger partial charge in [-0.15, -0.1) is 12.4 Å². The van der Waals surface area contributed by atoms with Crippen LogP contribution in [0.4, 0.5) is 10.1 Å². The van der Waals surface area contributed by atoms with E-state index in [1.807, 2.05) is 10.9 Å². The van der Waals surface area contributed by atoms with Crippen LogP contribution in [0.15, 0.2) is 30.5 Å². The van der Waals surface area contributed by atoms with Crippen molar-refractivity contribution in [2.45, 2.75) is 18.9 Å². The summed E-state index contributed by atoms with van der Waals surface area (Å²) in [7, 11) is 1.43. The second-order valence-electron chi connectivity index (χ2n) is 5.48. The number of hydrogen-bond donors (Lipinski definition) is 2. The Balaban J connectivity index is 0.00000208. The normalized spacial score (nSPS) is 17.0. The van der Waals surface area contributed by atoms with Crippen molar-refractivity contribution in [1.82, 2.24) is 15.1 Å². The van der Waals surface area contributed by atoms with Crippen LogP contribution in [0.1, 0.15) is 29.4 Å². The predicted molar refractivity (Wildman–Crippen MR) is 91.5 cm³/mol. The molecule has 1 atom stereocenters. The number of nitrogens with zero attached hydrogens (tertiary/aromatic N) is 2. The van der Waals surface area contributed by atoms with E-state index in [2.05, 4.69) is 15.7 Å². The first-order chi connectivity index (χ1) is 11.2. The lowest BCUT2D eigenvalue weighted by Gasteiger charge is -2.22. The van der Waals surface area contributed by atoms with Gasteiger partial charge in [-0.05, 0) is 37.6 Å². The van der Waals surface area contributed by atoms with Crippen LogP contribution in [-0.2, 0) is 0 Å². The third-order valence-corrected chi connectivity index (χ3v) is 3.90. The fourth-order valence-corrected chi connectivity index (χ4v) is 2.68. The molecule has 1 aromatic heterocycles. The summed E-state index contributed by atoms with van der Waals surface area (Å²) in [5.41, 5.74) is 0.731. The highest BCUT2D eigenvalue weighted by Crippen LogP contribution is 2.25. The quantitative estimate of drug-likeness (QED) is 0.885. The van der Waals surface area contributed by atoms with Crippen LogP contribution in [0, 0.1) is 5.82 Å². The summed E-state index contributed by atoms with van der Waals surface area (Å²) < 4.78 is 20.1. The van der Waals surface area contributed by atoms with Gasteiger partial charge in [0, 0.05) is 18.8 Å². The minimum Gasteiger partial charge on any atom is -0.494 e. The molecule has 1 aromatic carbocycles. The summed E-state index contributed by atoms with van der Waals surface area (Å²) in [5.74, 6) is -0.499. The van der Waals surface area contributed by atoms with Gasteiger partial charge < -0.3 is 15.4 Å². The van der Waals surface area contributed by atoms with Crippen molar-refractivity contribution >= 4 is 24.0 Å². The summed E-state index contributed by atoms with van der Waals surface area (Å²) in [4.78, 5) is 12.3. The Hall–Kier alpha value is -2.12. The molecule has 130 valence electrons. The van der Waals surface area contributed by atoms with Crippen LogP contribution in [0.2, 0.25) is 0 Å². The van der Waals surface area contributed by atoms with Crippen LogP contribution >= 0.6 is 12.4 Å². The number of benzene rings is 1. The van der Waals surface area contributed by atoms with E-state index in [1.165, 1.54) is 25.3 Å². The topological polar surface area (TPSA) is 68.2 Å². The lowest BCUT2D eigenvalue weighted by atomic mass is 10.1. The van der Waals surface area contributed by atoms with Crippen LogP contribution < -0.4 is 15.4 Å². The maximum absolute atomic E-state index is 13.2. The zero-order valence-corrected chi connectivity index (χ0v) is 14.1. The first kappa shape index (κ1) is 18.2. The van der Waals surface area contributed by atoms with Gasteiger partial charge in [0.2, 0.25) is 0 Å². The zero-order valence-electron chi connectivity index (χ0n) is 13.3. The van der Waals surface area contributed by atoms with E-state index in [0.29, 0.717) is 11.4 Å². The smallest absolute Gasteiger partial charge is 0.276 e. The van der Waals surface area contributed by atoms with Gasteiger partial charge in [0.15, 0.2) is 5.69 Å². The monoisotopic (exact) mass is 354 g/mol. The number of carbonyl (C=O) groups excluding carboxylic acids is 1. The molecule has 2 aromatic rings. The number of methoxy groups -OCH3 is 1. The van der Waals surface area contributed by atoms with E-state index < -0.39 is 5.82 Å². The summed E-state index contributed by atoms with van der Waals surface area (Å²) in [6.07, 6.45) is 3.95. The van der Waals surface area contributed by atoms with Crippen LogP contribution in [-0.4, -0.2) is 35.9 Å². The van der Waals surface area contributed by atoms with Gasteiger partial charge in [-0.2, -0.15) is 5.10 Å². The van der Waals surface area contributed by atoms with Crippen LogP contribution in [0.25, 0.3) is 0 Å². The molecule has 0 spiro atoms. The molecule has 1 saturated heterocycles. The lowest BCUT2D eigenvalue weighted by molar-refractivity contribution is 0.102. The Morgan fingerprint density at radius 3 is 3.00 bits per heavy atom. The van der Waals surface area contributed by atoms with E-state index in [0.717, 1.165) is 25.9 Å². The molecular weight excluding hydrogens is 335 g/mol. The number of ether oxygens (including phenoxy) is 1. The number of rotatable bonds is 4. The average Bonchev–Trinajstić information content (AvgIpc) is 3.07. The first-order valence-corrected chi connectivity index (χ1v) is 7.58. The Bertz CT molecular complexity index is 701. The SMILES string of the molecule is COc1cc(F)ccc1NC(=O)c1ccn(C2CCCNC2)n1.Cl. The molecule has 0 bridgehead atoms. The zero-order chi connectivity index (χ0) is 16.2. The molecule has 1 aliphatic heterocycles. The number of anilines is 1. The maximum atomic E-state index is 13.2. The summed E-state index contributed by atoms with van der Waals surface area (Å²) >= 11 is 0. The molecular formula is C16H20ClFN4O2. The van der Waals surface area contributed by atoms with E-state index in [9.17, 15) is 9.18 Å². The van der Waals surface area contributed by atoms with Crippen molar-refractivity contribution in [3.63, 3.8) is 0 Å². The molecule has 1 fully saturated rings. The highest BCUT2D eigenvalue weighted by atomic mass is 35.5. The van der Waals surface area contributed by atoms with E-state index in [1.54, 1.807) is 6.07 Å². The van der Waals surface area contributed by atoms with Crippen molar-refractivity contribution in [2.75, 3.05) is 25.5 Å². The predicted octanol–water partition coefficient (Wildman–Crippen LogP) is 2.63. The highest BCUT2D eigenvalue weighted by molar-refractivity contribution is 6.03. The molecule has 0 radical (unpaired) electrons. The number of halogens is 2. The van der Waals surface area contributed by atoms with Gasteiger partial charge >= 0.3 is 0 Å².